The fourth-order valence-electron chi connectivity index (χ4n) is 1.83. The van der Waals surface area contributed by atoms with E-state index in [1.165, 1.54) is 11.8 Å². The third-order valence-corrected chi connectivity index (χ3v) is 8.16. The van der Waals surface area contributed by atoms with Gasteiger partial charge in [0.15, 0.2) is 4.87 Å². The molecule has 5 heteroatoms. The summed E-state index contributed by atoms with van der Waals surface area (Å²) in [4.78, 5) is 11.4. The molecule has 0 aromatic heterocycles. The molecule has 2 unspecified atom stereocenters. The molecule has 0 spiro atoms. The van der Waals surface area contributed by atoms with Crippen molar-refractivity contribution in [2.24, 2.45) is 11.7 Å². The fourth-order valence-corrected chi connectivity index (χ4v) is 5.05. The Bertz CT molecular complexity index is 296. The maximum Gasteiger partial charge on any atom is 0.247 e. The summed E-state index contributed by atoms with van der Waals surface area (Å²) in [7, 11) is -0.580. The van der Waals surface area contributed by atoms with Crippen LogP contribution in [0.2, 0.25) is 5.04 Å². The molecule has 3 nitrogen and oxygen atoms in total. The highest BCUT2D eigenvalue weighted by Gasteiger charge is 2.56. The molecule has 2 atom stereocenters. The molecular formula is C11H24N2OSSi. The van der Waals surface area contributed by atoms with Crippen LogP contribution in [0.25, 0.3) is 0 Å². The van der Waals surface area contributed by atoms with Crippen molar-refractivity contribution in [1.82, 2.24) is 4.57 Å². The second-order valence-corrected chi connectivity index (χ2v) is 9.65. The van der Waals surface area contributed by atoms with Crippen molar-refractivity contribution in [2.75, 3.05) is 6.26 Å². The van der Waals surface area contributed by atoms with E-state index in [9.17, 15) is 4.79 Å². The van der Waals surface area contributed by atoms with Gasteiger partial charge in [0.1, 0.15) is 9.68 Å². The van der Waals surface area contributed by atoms with Crippen LogP contribution in [0.4, 0.5) is 0 Å². The highest BCUT2D eigenvalue weighted by atomic mass is 32.2. The molecule has 94 valence electrons. The molecule has 0 saturated carbocycles. The van der Waals surface area contributed by atoms with Gasteiger partial charge in [-0.15, -0.1) is 11.8 Å². The molecule has 16 heavy (non-hydrogen) atoms. The zero-order valence-electron chi connectivity index (χ0n) is 11.2. The summed E-state index contributed by atoms with van der Waals surface area (Å²) in [6.45, 7) is 11.1. The van der Waals surface area contributed by atoms with Crippen LogP contribution < -0.4 is 5.73 Å². The van der Waals surface area contributed by atoms with Crippen LogP contribution in [0.5, 0.6) is 0 Å². The molecule has 1 rings (SSSR count). The van der Waals surface area contributed by atoms with E-state index in [1.54, 1.807) is 0 Å². The molecule has 1 aliphatic heterocycles. The smallest absolute Gasteiger partial charge is 0.247 e. The van der Waals surface area contributed by atoms with Gasteiger partial charge in [0, 0.05) is 0 Å². The average Bonchev–Trinajstić information content (AvgIpc) is 2.23. The molecule has 0 aromatic rings. The highest BCUT2D eigenvalue weighted by Crippen LogP contribution is 2.41. The van der Waals surface area contributed by atoms with E-state index < -0.39 is 14.6 Å². The summed E-state index contributed by atoms with van der Waals surface area (Å²) < 4.78 is 2.05. The number of β-lactam (4-membered cyclic amide) rings is 1. The van der Waals surface area contributed by atoms with Gasteiger partial charge in [-0.2, -0.15) is 0 Å². The predicted octanol–water partition coefficient (Wildman–Crippen LogP) is 1.17. The maximum atomic E-state index is 12.0. The maximum absolute atomic E-state index is 12.0. The number of nitrogens with zero attached hydrogens (tertiary/aromatic N) is 1. The second-order valence-electron chi connectivity index (χ2n) is 5.75. The molecule has 1 heterocycles. The lowest BCUT2D eigenvalue weighted by atomic mass is 9.99. The van der Waals surface area contributed by atoms with Crippen LogP contribution in [0.3, 0.4) is 0 Å². The fraction of sp³-hybridized carbons (Fsp3) is 0.909. The number of carbonyl (C=O) groups is 1. The zero-order chi connectivity index (χ0) is 12.7. The minimum absolute atomic E-state index is 0.146. The van der Waals surface area contributed by atoms with E-state index in [4.69, 9.17) is 5.73 Å². The van der Waals surface area contributed by atoms with Crippen molar-refractivity contribution in [3.63, 3.8) is 0 Å². The monoisotopic (exact) mass is 260 g/mol. The molecule has 0 aromatic carbocycles. The first kappa shape index (κ1) is 14.1. The van der Waals surface area contributed by atoms with Crippen molar-refractivity contribution in [2.45, 2.75) is 50.6 Å². The molecule has 1 saturated heterocycles. The van der Waals surface area contributed by atoms with Crippen LogP contribution in [0.15, 0.2) is 0 Å². The molecule has 0 radical (unpaired) electrons. The zero-order valence-corrected chi connectivity index (χ0v) is 13.4. The van der Waals surface area contributed by atoms with E-state index in [0.29, 0.717) is 5.92 Å². The Morgan fingerprint density at radius 1 is 1.56 bits per heavy atom. The lowest BCUT2D eigenvalue weighted by molar-refractivity contribution is -0.142. The Hall–Kier alpha value is -0.00312. The third-order valence-electron chi connectivity index (χ3n) is 4.16. The van der Waals surface area contributed by atoms with Gasteiger partial charge in [-0.05, 0) is 24.1 Å². The number of hydrogen-bond donors (Lipinski definition) is 1. The van der Waals surface area contributed by atoms with Gasteiger partial charge in [0.2, 0.25) is 5.91 Å². The number of rotatable bonds is 4. The lowest BCUT2D eigenvalue weighted by Gasteiger charge is -2.54. The molecule has 0 aliphatic carbocycles. The SMILES string of the molecule is CSC1(N)C(=O)N([SiH2]C(C)(C)C(C)C)C1C. The van der Waals surface area contributed by atoms with Crippen LogP contribution in [-0.4, -0.2) is 37.3 Å². The Kier molecular flexibility index (Phi) is 3.82. The van der Waals surface area contributed by atoms with E-state index >= 15 is 0 Å². The topological polar surface area (TPSA) is 46.3 Å². The van der Waals surface area contributed by atoms with Gasteiger partial charge < -0.3 is 10.3 Å². The minimum Gasteiger partial charge on any atom is -0.367 e. The minimum atomic E-state index is -0.653. The largest absolute Gasteiger partial charge is 0.367 e. The average molecular weight is 260 g/mol. The van der Waals surface area contributed by atoms with Crippen LogP contribution >= 0.6 is 11.8 Å². The van der Waals surface area contributed by atoms with E-state index in [2.05, 4.69) is 39.2 Å². The second kappa shape index (κ2) is 4.35. The summed E-state index contributed by atoms with van der Waals surface area (Å²) in [6, 6.07) is 0.194. The molecule has 1 amide bonds. The summed E-state index contributed by atoms with van der Waals surface area (Å²) in [6.07, 6.45) is 1.92. The van der Waals surface area contributed by atoms with Gasteiger partial charge in [-0.3, -0.25) is 4.79 Å². The van der Waals surface area contributed by atoms with Gasteiger partial charge in [-0.25, -0.2) is 0 Å². The lowest BCUT2D eigenvalue weighted by Crippen LogP contribution is -2.77. The van der Waals surface area contributed by atoms with E-state index in [1.807, 2.05) is 6.26 Å². The number of amides is 1. The van der Waals surface area contributed by atoms with Crippen LogP contribution in [-0.2, 0) is 4.79 Å². The first-order chi connectivity index (χ1) is 7.16. The molecule has 0 bridgehead atoms. The van der Waals surface area contributed by atoms with Gasteiger partial charge in [0.05, 0.1) is 6.04 Å². The summed E-state index contributed by atoms with van der Waals surface area (Å²) >= 11 is 1.48. The Morgan fingerprint density at radius 3 is 2.38 bits per heavy atom. The normalized spacial score (nSPS) is 31.6. The first-order valence-corrected chi connectivity index (χ1v) is 8.38. The molecular weight excluding hydrogens is 236 g/mol. The van der Waals surface area contributed by atoms with Crippen LogP contribution in [0.1, 0.15) is 34.6 Å². The van der Waals surface area contributed by atoms with Gasteiger partial charge in [-0.1, -0.05) is 27.7 Å². The quantitative estimate of drug-likeness (QED) is 0.469. The number of nitrogens with two attached hydrogens (primary N) is 1. The molecule has 1 aliphatic rings. The van der Waals surface area contributed by atoms with Crippen molar-refractivity contribution in [3.8, 4) is 0 Å². The van der Waals surface area contributed by atoms with E-state index in [-0.39, 0.29) is 17.0 Å². The number of thioether (sulfide) groups is 1. The summed E-state index contributed by atoms with van der Waals surface area (Å²) in [5, 5.41) is 0.281. The standard InChI is InChI=1S/C11H24N2OSSi/c1-7(2)10(4,5)16-13-8(3)11(12,15-6)9(13)14/h7-8H,12,16H2,1-6H3. The van der Waals surface area contributed by atoms with Crippen molar-refractivity contribution in [1.29, 1.82) is 0 Å². The van der Waals surface area contributed by atoms with Gasteiger partial charge >= 0.3 is 0 Å². The number of carbonyl (C=O) groups excluding carboxylic acids is 1. The third kappa shape index (κ3) is 2.05. The predicted molar refractivity (Wildman–Crippen MR) is 74.2 cm³/mol. The van der Waals surface area contributed by atoms with Crippen molar-refractivity contribution < 1.29 is 4.79 Å². The van der Waals surface area contributed by atoms with Gasteiger partial charge in [0.25, 0.3) is 0 Å². The Morgan fingerprint density at radius 2 is 2.06 bits per heavy atom. The Balaban J connectivity index is 2.71. The van der Waals surface area contributed by atoms with Crippen LogP contribution in [0, 0.1) is 5.92 Å². The van der Waals surface area contributed by atoms with Crippen molar-refractivity contribution >= 4 is 27.4 Å². The Labute approximate surface area is 105 Å². The van der Waals surface area contributed by atoms with Crippen molar-refractivity contribution in [3.05, 3.63) is 0 Å². The highest BCUT2D eigenvalue weighted by molar-refractivity contribution is 8.00. The number of hydrogen-bond acceptors (Lipinski definition) is 3. The summed E-state index contributed by atoms with van der Waals surface area (Å²) in [5.41, 5.74) is 6.07. The molecule has 2 N–H and O–H groups in total. The summed E-state index contributed by atoms with van der Waals surface area (Å²) in [5.74, 6) is 0.758. The van der Waals surface area contributed by atoms with E-state index in [0.717, 1.165) is 0 Å². The first-order valence-electron chi connectivity index (χ1n) is 5.82. The molecule has 1 fully saturated rings.